The summed E-state index contributed by atoms with van der Waals surface area (Å²) in [5, 5.41) is 13.7. The molecule has 29 heavy (non-hydrogen) atoms. The second-order valence-corrected chi connectivity index (χ2v) is 7.14. The highest BCUT2D eigenvalue weighted by atomic mass is 16.5. The van der Waals surface area contributed by atoms with Crippen LogP contribution < -0.4 is 15.4 Å². The lowest BCUT2D eigenvalue weighted by atomic mass is 10.2. The molecule has 3 aromatic rings. The number of nitrogens with zero attached hydrogens (tertiary/aromatic N) is 5. The predicted molar refractivity (Wildman–Crippen MR) is 103 cm³/mol. The van der Waals surface area contributed by atoms with Gasteiger partial charge in [0.2, 0.25) is 11.7 Å². The van der Waals surface area contributed by atoms with E-state index >= 15 is 0 Å². The number of anilines is 1. The van der Waals surface area contributed by atoms with E-state index in [0.717, 1.165) is 12.8 Å². The third-order valence-electron chi connectivity index (χ3n) is 4.83. The first-order chi connectivity index (χ1) is 14.1. The molecule has 10 nitrogen and oxygen atoms in total. The minimum absolute atomic E-state index is 0.0235. The Morgan fingerprint density at radius 2 is 2.10 bits per heavy atom. The van der Waals surface area contributed by atoms with Crippen molar-refractivity contribution in [2.45, 2.75) is 51.3 Å². The number of carbonyl (C=O) groups excluding carboxylic acids is 1. The molecule has 1 saturated carbocycles. The minimum Gasteiger partial charge on any atom is -0.485 e. The Bertz CT molecular complexity index is 935. The van der Waals surface area contributed by atoms with E-state index < -0.39 is 0 Å². The number of hydrogen-bond acceptors (Lipinski definition) is 7. The molecule has 1 aliphatic rings. The van der Waals surface area contributed by atoms with Crippen molar-refractivity contribution in [3.8, 4) is 5.75 Å². The minimum atomic E-state index is -0.294. The molecule has 152 valence electrons. The first-order valence-electron chi connectivity index (χ1n) is 9.55. The molecule has 2 aromatic heterocycles. The summed E-state index contributed by atoms with van der Waals surface area (Å²) in [6.45, 7) is 4.11. The van der Waals surface area contributed by atoms with Crippen LogP contribution in [0.2, 0.25) is 0 Å². The molecule has 1 aliphatic carbocycles. The van der Waals surface area contributed by atoms with Gasteiger partial charge in [0.15, 0.2) is 6.61 Å². The molecule has 0 bridgehead atoms. The van der Waals surface area contributed by atoms with Crippen molar-refractivity contribution >= 4 is 11.7 Å². The van der Waals surface area contributed by atoms with Gasteiger partial charge in [-0.3, -0.25) is 0 Å². The fourth-order valence-electron chi connectivity index (χ4n) is 2.76. The molecular formula is C19H23N7O3. The van der Waals surface area contributed by atoms with Crippen LogP contribution in [0.4, 0.5) is 10.5 Å². The molecule has 2 N–H and O–H groups in total. The summed E-state index contributed by atoms with van der Waals surface area (Å²) in [5.74, 6) is 2.31. The summed E-state index contributed by atoms with van der Waals surface area (Å²) in [7, 11) is 0. The van der Waals surface area contributed by atoms with Gasteiger partial charge in [0.25, 0.3) is 0 Å². The normalized spacial score (nSPS) is 15.5. The van der Waals surface area contributed by atoms with E-state index in [2.05, 4.69) is 30.9 Å². The van der Waals surface area contributed by atoms with Crippen molar-refractivity contribution in [2.24, 2.45) is 0 Å². The van der Waals surface area contributed by atoms with Crippen molar-refractivity contribution < 1.29 is 14.1 Å². The van der Waals surface area contributed by atoms with Crippen molar-refractivity contribution in [3.63, 3.8) is 0 Å². The zero-order valence-corrected chi connectivity index (χ0v) is 16.3. The molecule has 2 heterocycles. The Labute approximate surface area is 167 Å². The van der Waals surface area contributed by atoms with E-state index in [1.165, 1.54) is 6.33 Å². The maximum atomic E-state index is 12.2. The molecular weight excluding hydrogens is 374 g/mol. The highest BCUT2D eigenvalue weighted by Crippen LogP contribution is 2.38. The zero-order valence-electron chi connectivity index (χ0n) is 16.3. The highest BCUT2D eigenvalue weighted by molar-refractivity contribution is 5.89. The average molecular weight is 397 g/mol. The van der Waals surface area contributed by atoms with Gasteiger partial charge in [0, 0.05) is 17.6 Å². The van der Waals surface area contributed by atoms with Gasteiger partial charge in [-0.25, -0.2) is 14.5 Å². The Balaban J connectivity index is 1.24. The fraction of sp³-hybridized carbons (Fsp3) is 0.421. The van der Waals surface area contributed by atoms with E-state index in [1.807, 2.05) is 13.8 Å². The van der Waals surface area contributed by atoms with Crippen molar-refractivity contribution in [1.29, 1.82) is 0 Å². The third kappa shape index (κ3) is 4.89. The summed E-state index contributed by atoms with van der Waals surface area (Å²) in [5.41, 5.74) is 0.658. The van der Waals surface area contributed by atoms with Gasteiger partial charge in [-0.1, -0.05) is 5.16 Å². The first-order valence-corrected chi connectivity index (χ1v) is 9.55. The van der Waals surface area contributed by atoms with Crippen molar-refractivity contribution in [3.05, 3.63) is 48.6 Å². The maximum Gasteiger partial charge on any atom is 0.319 e. The van der Waals surface area contributed by atoms with Crippen LogP contribution >= 0.6 is 0 Å². The van der Waals surface area contributed by atoms with Gasteiger partial charge >= 0.3 is 6.03 Å². The predicted octanol–water partition coefficient (Wildman–Crippen LogP) is 2.89. The Hall–Kier alpha value is -3.43. The van der Waals surface area contributed by atoms with Crippen LogP contribution in [0.25, 0.3) is 0 Å². The zero-order chi connectivity index (χ0) is 20.2. The van der Waals surface area contributed by atoms with Crippen LogP contribution in [-0.2, 0) is 6.61 Å². The molecule has 0 spiro atoms. The van der Waals surface area contributed by atoms with E-state index in [-0.39, 0.29) is 24.7 Å². The second kappa shape index (κ2) is 8.29. The Morgan fingerprint density at radius 3 is 2.79 bits per heavy atom. The first kappa shape index (κ1) is 18.9. The number of amides is 2. The molecule has 2 amide bonds. The lowest BCUT2D eigenvalue weighted by Crippen LogP contribution is -2.40. The summed E-state index contributed by atoms with van der Waals surface area (Å²) < 4.78 is 12.6. The van der Waals surface area contributed by atoms with Gasteiger partial charge < -0.3 is 19.9 Å². The van der Waals surface area contributed by atoms with Crippen LogP contribution in [0, 0.1) is 0 Å². The lowest BCUT2D eigenvalue weighted by Gasteiger charge is -2.21. The van der Waals surface area contributed by atoms with Crippen LogP contribution in [0.15, 0.2) is 41.4 Å². The number of ether oxygens (including phenoxy) is 1. The summed E-state index contributed by atoms with van der Waals surface area (Å²) in [6, 6.07) is 6.65. The molecule has 2 atom stereocenters. The van der Waals surface area contributed by atoms with Gasteiger partial charge in [-0.2, -0.15) is 10.1 Å². The molecule has 10 heteroatoms. The number of rotatable bonds is 8. The molecule has 0 saturated heterocycles. The monoisotopic (exact) mass is 397 g/mol. The number of nitrogens with one attached hydrogen (secondary N) is 2. The van der Waals surface area contributed by atoms with Gasteiger partial charge in [0.1, 0.15) is 18.4 Å². The van der Waals surface area contributed by atoms with Crippen molar-refractivity contribution in [2.75, 3.05) is 5.32 Å². The highest BCUT2D eigenvalue weighted by Gasteiger charge is 2.29. The van der Waals surface area contributed by atoms with Gasteiger partial charge in [-0.05, 0) is 51.0 Å². The fourth-order valence-corrected chi connectivity index (χ4v) is 2.76. The molecule has 0 radical (unpaired) electrons. The molecule has 1 fully saturated rings. The smallest absolute Gasteiger partial charge is 0.319 e. The standard InChI is InChI=1S/C19H23N7O3/c1-12(13(2)26-11-20-10-21-26)22-19(27)23-15-5-7-16(8-6-15)28-9-17-24-18(29-25-17)14-3-4-14/h5-8,10-14H,3-4,9H2,1-2H3,(H2,22,23,27). The molecule has 2 unspecified atom stereocenters. The van der Waals surface area contributed by atoms with Gasteiger partial charge in [-0.15, -0.1) is 0 Å². The number of hydrogen-bond donors (Lipinski definition) is 2. The number of carbonyl (C=O) groups is 1. The molecule has 0 aliphatic heterocycles. The van der Waals surface area contributed by atoms with E-state index in [4.69, 9.17) is 9.26 Å². The number of aromatic nitrogens is 5. The van der Waals surface area contributed by atoms with E-state index in [0.29, 0.717) is 29.1 Å². The van der Waals surface area contributed by atoms with Gasteiger partial charge in [0.05, 0.1) is 6.04 Å². The average Bonchev–Trinajstić information content (AvgIpc) is 3.22. The van der Waals surface area contributed by atoms with Crippen LogP contribution in [0.3, 0.4) is 0 Å². The molecule has 1 aromatic carbocycles. The Morgan fingerprint density at radius 1 is 1.31 bits per heavy atom. The largest absolute Gasteiger partial charge is 0.485 e. The summed E-state index contributed by atoms with van der Waals surface area (Å²) >= 11 is 0. The second-order valence-electron chi connectivity index (χ2n) is 7.14. The molecule has 4 rings (SSSR count). The lowest BCUT2D eigenvalue weighted by molar-refractivity contribution is 0.244. The van der Waals surface area contributed by atoms with Crippen molar-refractivity contribution in [1.82, 2.24) is 30.2 Å². The summed E-state index contributed by atoms with van der Waals surface area (Å²) in [6.07, 6.45) is 5.32. The number of urea groups is 1. The SMILES string of the molecule is CC(NC(=O)Nc1ccc(OCc2noc(C3CC3)n2)cc1)C(C)n1cncn1. The quantitative estimate of drug-likeness (QED) is 0.599. The summed E-state index contributed by atoms with van der Waals surface area (Å²) in [4.78, 5) is 20.5. The third-order valence-corrected chi connectivity index (χ3v) is 4.83. The maximum absolute atomic E-state index is 12.2. The number of benzene rings is 1. The Kier molecular flexibility index (Phi) is 5.41. The van der Waals surface area contributed by atoms with Crippen LogP contribution in [0.5, 0.6) is 5.75 Å². The van der Waals surface area contributed by atoms with E-state index in [1.54, 1.807) is 35.3 Å². The van der Waals surface area contributed by atoms with E-state index in [9.17, 15) is 4.79 Å². The topological polar surface area (TPSA) is 120 Å². The van der Waals surface area contributed by atoms with Crippen LogP contribution in [-0.4, -0.2) is 37.0 Å². The van der Waals surface area contributed by atoms with Crippen LogP contribution in [0.1, 0.15) is 50.4 Å².